The van der Waals surface area contributed by atoms with Gasteiger partial charge < -0.3 is 10.1 Å². The Balaban J connectivity index is 1.72. The van der Waals surface area contributed by atoms with E-state index in [1.54, 1.807) is 6.07 Å². The Labute approximate surface area is 172 Å². The number of rotatable bonds is 7. The zero-order valence-corrected chi connectivity index (χ0v) is 17.6. The number of benzene rings is 1. The fourth-order valence-electron chi connectivity index (χ4n) is 2.70. The van der Waals surface area contributed by atoms with Crippen molar-refractivity contribution in [3.63, 3.8) is 0 Å². The van der Waals surface area contributed by atoms with Gasteiger partial charge in [-0.2, -0.15) is 5.10 Å². The molecule has 0 aliphatic carbocycles. The molecule has 2 heterocycles. The number of amides is 1. The van der Waals surface area contributed by atoms with E-state index >= 15 is 0 Å². The van der Waals surface area contributed by atoms with Gasteiger partial charge >= 0.3 is 5.97 Å². The first-order valence-electron chi connectivity index (χ1n) is 9.05. The molecule has 8 heteroatoms. The molecular weight excluding hydrogens is 398 g/mol. The summed E-state index contributed by atoms with van der Waals surface area (Å²) in [6.45, 7) is 6.08. The molecule has 1 amide bonds. The highest BCUT2D eigenvalue weighted by Gasteiger charge is 2.18. The maximum absolute atomic E-state index is 12.4. The molecule has 2 aromatic heterocycles. The molecular formula is C20H22ClN3O3S. The number of fused-ring (bicyclic) bond motifs is 1. The lowest BCUT2D eigenvalue weighted by Crippen LogP contribution is -2.35. The van der Waals surface area contributed by atoms with E-state index in [9.17, 15) is 9.59 Å². The van der Waals surface area contributed by atoms with Crippen LogP contribution in [0, 0.1) is 6.92 Å². The maximum atomic E-state index is 12.4. The smallest absolute Gasteiger partial charge is 0.348 e. The van der Waals surface area contributed by atoms with Crippen molar-refractivity contribution >= 4 is 45.0 Å². The van der Waals surface area contributed by atoms with Crippen LogP contribution in [0.15, 0.2) is 30.3 Å². The molecule has 0 saturated carbocycles. The Morgan fingerprint density at radius 2 is 2.04 bits per heavy atom. The molecule has 148 valence electrons. The fourth-order valence-corrected chi connectivity index (χ4v) is 3.88. The van der Waals surface area contributed by atoms with Crippen LogP contribution in [0.3, 0.4) is 0 Å². The Bertz CT molecular complexity index is 994. The van der Waals surface area contributed by atoms with Crippen LogP contribution in [0.2, 0.25) is 5.02 Å². The van der Waals surface area contributed by atoms with Gasteiger partial charge in [0.1, 0.15) is 9.71 Å². The highest BCUT2D eigenvalue weighted by Crippen LogP contribution is 2.29. The van der Waals surface area contributed by atoms with Gasteiger partial charge in [0.15, 0.2) is 6.61 Å². The van der Waals surface area contributed by atoms with E-state index in [0.29, 0.717) is 16.4 Å². The van der Waals surface area contributed by atoms with Crippen molar-refractivity contribution in [3.05, 3.63) is 51.5 Å². The second kappa shape index (κ2) is 8.75. The van der Waals surface area contributed by atoms with Gasteiger partial charge in [-0.3, -0.25) is 9.48 Å². The summed E-state index contributed by atoms with van der Waals surface area (Å²) in [4.78, 5) is 25.5. The second-order valence-electron chi connectivity index (χ2n) is 6.65. The van der Waals surface area contributed by atoms with Gasteiger partial charge in [-0.15, -0.1) is 11.3 Å². The zero-order chi connectivity index (χ0) is 20.3. The molecule has 0 bridgehead atoms. The third-order valence-electron chi connectivity index (χ3n) is 4.41. The molecule has 0 fully saturated rings. The van der Waals surface area contributed by atoms with E-state index in [1.165, 1.54) is 11.3 Å². The van der Waals surface area contributed by atoms with Gasteiger partial charge in [-0.25, -0.2) is 4.79 Å². The first kappa shape index (κ1) is 20.4. The Hall–Kier alpha value is -2.38. The highest BCUT2D eigenvalue weighted by atomic mass is 35.5. The van der Waals surface area contributed by atoms with E-state index in [-0.39, 0.29) is 18.6 Å². The molecule has 0 aliphatic heterocycles. The van der Waals surface area contributed by atoms with Crippen LogP contribution in [-0.2, 0) is 16.1 Å². The van der Waals surface area contributed by atoms with E-state index in [0.717, 1.165) is 27.9 Å². The number of nitrogens with zero attached hydrogens (tertiary/aromatic N) is 2. The van der Waals surface area contributed by atoms with Crippen molar-refractivity contribution in [2.45, 2.75) is 39.8 Å². The van der Waals surface area contributed by atoms with Crippen molar-refractivity contribution in [3.8, 4) is 0 Å². The van der Waals surface area contributed by atoms with Gasteiger partial charge in [0, 0.05) is 16.5 Å². The number of aromatic nitrogens is 2. The van der Waals surface area contributed by atoms with Crippen LogP contribution >= 0.6 is 22.9 Å². The SMILES string of the molecule is CC[C@@H](C)NC(=O)COC(=O)c1cc2c(C)nn(Cc3ccc(Cl)cc3)c2s1. The van der Waals surface area contributed by atoms with Crippen LogP contribution < -0.4 is 5.32 Å². The summed E-state index contributed by atoms with van der Waals surface area (Å²) >= 11 is 7.25. The molecule has 1 atom stereocenters. The highest BCUT2D eigenvalue weighted by molar-refractivity contribution is 7.20. The van der Waals surface area contributed by atoms with Crippen molar-refractivity contribution in [1.82, 2.24) is 15.1 Å². The number of halogens is 1. The number of nitrogens with one attached hydrogen (secondary N) is 1. The number of carbonyl (C=O) groups excluding carboxylic acids is 2. The predicted octanol–water partition coefficient (Wildman–Crippen LogP) is 4.18. The van der Waals surface area contributed by atoms with Crippen molar-refractivity contribution < 1.29 is 14.3 Å². The van der Waals surface area contributed by atoms with E-state index in [4.69, 9.17) is 16.3 Å². The van der Waals surface area contributed by atoms with Gasteiger partial charge in [-0.1, -0.05) is 30.7 Å². The first-order chi connectivity index (χ1) is 13.4. The number of thiophene rings is 1. The summed E-state index contributed by atoms with van der Waals surface area (Å²) in [6, 6.07) is 9.40. The lowest BCUT2D eigenvalue weighted by atomic mass is 10.2. The van der Waals surface area contributed by atoms with E-state index in [1.807, 2.05) is 49.7 Å². The summed E-state index contributed by atoms with van der Waals surface area (Å²) in [7, 11) is 0. The lowest BCUT2D eigenvalue weighted by Gasteiger charge is -2.11. The molecule has 3 aromatic rings. The standard InChI is InChI=1S/C20H22ClN3O3S/c1-4-12(2)22-18(25)11-27-20(26)17-9-16-13(3)23-24(19(16)28-17)10-14-5-7-15(21)8-6-14/h5-9,12H,4,10-11H2,1-3H3,(H,22,25)/t12-/m1/s1. The fraction of sp³-hybridized carbons (Fsp3) is 0.350. The number of esters is 1. The van der Waals surface area contributed by atoms with E-state index in [2.05, 4.69) is 10.4 Å². The molecule has 0 aliphatic rings. The second-order valence-corrected chi connectivity index (χ2v) is 8.12. The normalized spacial score (nSPS) is 12.1. The molecule has 0 saturated heterocycles. The van der Waals surface area contributed by atoms with Gasteiger partial charge in [0.25, 0.3) is 5.91 Å². The number of hydrogen-bond acceptors (Lipinski definition) is 5. The van der Waals surface area contributed by atoms with Crippen molar-refractivity contribution in [1.29, 1.82) is 0 Å². The van der Waals surface area contributed by atoms with Gasteiger partial charge in [-0.05, 0) is 44.0 Å². The van der Waals surface area contributed by atoms with Crippen molar-refractivity contribution in [2.24, 2.45) is 0 Å². The van der Waals surface area contributed by atoms with Gasteiger partial charge in [0.2, 0.25) is 0 Å². The number of carbonyl (C=O) groups is 2. The maximum Gasteiger partial charge on any atom is 0.348 e. The summed E-state index contributed by atoms with van der Waals surface area (Å²) < 4.78 is 7.03. The molecule has 3 rings (SSSR count). The van der Waals surface area contributed by atoms with Crippen LogP contribution in [0.1, 0.15) is 41.2 Å². The third kappa shape index (κ3) is 4.72. The number of aryl methyl sites for hydroxylation is 1. The minimum atomic E-state index is -0.502. The Morgan fingerprint density at radius 3 is 2.71 bits per heavy atom. The quantitative estimate of drug-likeness (QED) is 0.583. The molecule has 0 spiro atoms. The molecule has 28 heavy (non-hydrogen) atoms. The predicted molar refractivity (Wildman–Crippen MR) is 111 cm³/mol. The molecule has 0 radical (unpaired) electrons. The number of ether oxygens (including phenoxy) is 1. The largest absolute Gasteiger partial charge is 0.451 e. The Morgan fingerprint density at radius 1 is 1.32 bits per heavy atom. The topological polar surface area (TPSA) is 73.2 Å². The van der Waals surface area contributed by atoms with Crippen LogP contribution in [0.25, 0.3) is 10.2 Å². The summed E-state index contributed by atoms with van der Waals surface area (Å²) in [5, 5.41) is 8.93. The average Bonchev–Trinajstić information content (AvgIpc) is 3.23. The summed E-state index contributed by atoms with van der Waals surface area (Å²) in [6.07, 6.45) is 0.819. The molecule has 6 nitrogen and oxygen atoms in total. The van der Waals surface area contributed by atoms with Gasteiger partial charge in [0.05, 0.1) is 12.2 Å². The first-order valence-corrected chi connectivity index (χ1v) is 10.2. The lowest BCUT2D eigenvalue weighted by molar-refractivity contribution is -0.124. The van der Waals surface area contributed by atoms with Crippen LogP contribution in [-0.4, -0.2) is 34.3 Å². The molecule has 1 N–H and O–H groups in total. The molecule has 1 aromatic carbocycles. The zero-order valence-electron chi connectivity index (χ0n) is 16.0. The van der Waals surface area contributed by atoms with E-state index < -0.39 is 5.97 Å². The Kier molecular flexibility index (Phi) is 6.36. The minimum absolute atomic E-state index is 0.0528. The summed E-state index contributed by atoms with van der Waals surface area (Å²) in [5.74, 6) is -0.799. The monoisotopic (exact) mass is 419 g/mol. The third-order valence-corrected chi connectivity index (χ3v) is 5.79. The van der Waals surface area contributed by atoms with Crippen LogP contribution in [0.5, 0.6) is 0 Å². The summed E-state index contributed by atoms with van der Waals surface area (Å²) in [5.41, 5.74) is 1.90. The number of hydrogen-bond donors (Lipinski definition) is 1. The van der Waals surface area contributed by atoms with Crippen LogP contribution in [0.4, 0.5) is 0 Å². The molecule has 0 unspecified atom stereocenters. The minimum Gasteiger partial charge on any atom is -0.451 e. The average molecular weight is 420 g/mol. The van der Waals surface area contributed by atoms with Crippen molar-refractivity contribution in [2.75, 3.05) is 6.61 Å².